The van der Waals surface area contributed by atoms with Gasteiger partial charge in [0.2, 0.25) is 10.0 Å². The molecule has 0 aromatic heterocycles. The number of sulfonamides is 1. The zero-order valence-electron chi connectivity index (χ0n) is 13.2. The van der Waals surface area contributed by atoms with Crippen LogP contribution in [0.2, 0.25) is 0 Å². The van der Waals surface area contributed by atoms with Crippen molar-refractivity contribution in [2.24, 2.45) is 0 Å². The molecule has 1 amide bonds. The van der Waals surface area contributed by atoms with Crippen molar-refractivity contribution in [1.82, 2.24) is 4.31 Å². The van der Waals surface area contributed by atoms with E-state index in [1.54, 1.807) is 16.4 Å². The van der Waals surface area contributed by atoms with E-state index in [9.17, 15) is 13.2 Å². The first-order valence-electron chi connectivity index (χ1n) is 8.11. The van der Waals surface area contributed by atoms with Crippen molar-refractivity contribution in [1.29, 1.82) is 0 Å². The van der Waals surface area contributed by atoms with Crippen molar-refractivity contribution in [2.75, 3.05) is 18.5 Å². The summed E-state index contributed by atoms with van der Waals surface area (Å²) in [7, 11) is -3.58. The maximum atomic E-state index is 13.0. The lowest BCUT2D eigenvalue weighted by molar-refractivity contribution is -0.118. The number of hydrogen-bond donors (Lipinski definition) is 1. The van der Waals surface area contributed by atoms with E-state index in [4.69, 9.17) is 4.74 Å². The van der Waals surface area contributed by atoms with Crippen molar-refractivity contribution >= 4 is 21.6 Å². The van der Waals surface area contributed by atoms with Crippen LogP contribution in [-0.4, -0.2) is 37.8 Å². The molecular formula is C16H22N2O4S. The van der Waals surface area contributed by atoms with Gasteiger partial charge in [0.15, 0.2) is 6.61 Å². The number of fused-ring (bicyclic) bond motifs is 1. The fraction of sp³-hybridized carbons (Fsp3) is 0.562. The number of benzene rings is 1. The molecule has 0 radical (unpaired) electrons. The van der Waals surface area contributed by atoms with Crippen LogP contribution in [0.4, 0.5) is 5.69 Å². The number of rotatable bonds is 4. The Hall–Kier alpha value is -1.60. The standard InChI is InChI=1S/C16H22N2O4S/c1-2-18(12-6-4-3-5-7-12)23(20,21)13-8-9-15-14(10-13)17-16(19)11-22-15/h8-10,12H,2-7,11H2,1H3,(H,17,19). The molecule has 1 aromatic carbocycles. The molecule has 1 aliphatic heterocycles. The quantitative estimate of drug-likeness (QED) is 0.914. The fourth-order valence-corrected chi connectivity index (χ4v) is 5.07. The van der Waals surface area contributed by atoms with Gasteiger partial charge in [-0.1, -0.05) is 26.2 Å². The molecule has 0 atom stereocenters. The number of hydrogen-bond acceptors (Lipinski definition) is 4. The van der Waals surface area contributed by atoms with Crippen LogP contribution in [0.1, 0.15) is 39.0 Å². The van der Waals surface area contributed by atoms with Gasteiger partial charge in [-0.15, -0.1) is 0 Å². The number of nitrogens with zero attached hydrogens (tertiary/aromatic N) is 1. The monoisotopic (exact) mass is 338 g/mol. The Morgan fingerprint density at radius 2 is 2.00 bits per heavy atom. The molecular weight excluding hydrogens is 316 g/mol. The summed E-state index contributed by atoms with van der Waals surface area (Å²) in [5.41, 5.74) is 0.419. The van der Waals surface area contributed by atoms with Gasteiger partial charge >= 0.3 is 0 Å². The van der Waals surface area contributed by atoms with E-state index in [-0.39, 0.29) is 23.5 Å². The summed E-state index contributed by atoms with van der Waals surface area (Å²) in [4.78, 5) is 11.6. The van der Waals surface area contributed by atoms with Gasteiger partial charge in [-0.05, 0) is 31.0 Å². The highest BCUT2D eigenvalue weighted by Crippen LogP contribution is 2.33. The minimum Gasteiger partial charge on any atom is -0.482 e. The lowest BCUT2D eigenvalue weighted by Crippen LogP contribution is -2.41. The summed E-state index contributed by atoms with van der Waals surface area (Å²) in [6.45, 7) is 2.28. The Morgan fingerprint density at radius 3 is 2.70 bits per heavy atom. The Labute approximate surface area is 136 Å². The largest absolute Gasteiger partial charge is 0.482 e. The first kappa shape index (κ1) is 16.3. The SMILES string of the molecule is CCN(C1CCCCC1)S(=O)(=O)c1ccc2c(c1)NC(=O)CO2. The fourth-order valence-electron chi connectivity index (χ4n) is 3.35. The highest BCUT2D eigenvalue weighted by Gasteiger charge is 2.32. The summed E-state index contributed by atoms with van der Waals surface area (Å²) in [6, 6.07) is 4.72. The number of amides is 1. The Morgan fingerprint density at radius 1 is 1.26 bits per heavy atom. The molecule has 1 fully saturated rings. The van der Waals surface area contributed by atoms with Crippen molar-refractivity contribution in [2.45, 2.75) is 50.0 Å². The van der Waals surface area contributed by atoms with Crippen LogP contribution in [0.15, 0.2) is 23.1 Å². The van der Waals surface area contributed by atoms with Gasteiger partial charge < -0.3 is 10.1 Å². The Kier molecular flexibility index (Phi) is 4.59. The van der Waals surface area contributed by atoms with Crippen molar-refractivity contribution in [3.05, 3.63) is 18.2 Å². The van der Waals surface area contributed by atoms with Crippen LogP contribution in [-0.2, 0) is 14.8 Å². The molecule has 126 valence electrons. The second-order valence-corrected chi connectivity index (χ2v) is 7.89. The molecule has 6 nitrogen and oxygen atoms in total. The first-order chi connectivity index (χ1) is 11.0. The third kappa shape index (κ3) is 3.21. The average Bonchev–Trinajstić information content (AvgIpc) is 2.55. The van der Waals surface area contributed by atoms with Crippen LogP contribution in [0.25, 0.3) is 0 Å². The molecule has 0 bridgehead atoms. The minimum absolute atomic E-state index is 0.0394. The molecule has 0 saturated heterocycles. The van der Waals surface area contributed by atoms with Crippen LogP contribution >= 0.6 is 0 Å². The lowest BCUT2D eigenvalue weighted by atomic mass is 9.95. The summed E-state index contributed by atoms with van der Waals surface area (Å²) >= 11 is 0. The highest BCUT2D eigenvalue weighted by atomic mass is 32.2. The molecule has 1 N–H and O–H groups in total. The average molecular weight is 338 g/mol. The van der Waals surface area contributed by atoms with Gasteiger partial charge in [-0.2, -0.15) is 4.31 Å². The highest BCUT2D eigenvalue weighted by molar-refractivity contribution is 7.89. The van der Waals surface area contributed by atoms with Gasteiger partial charge in [0, 0.05) is 12.6 Å². The summed E-state index contributed by atoms with van der Waals surface area (Å²) < 4.78 is 32.9. The zero-order valence-corrected chi connectivity index (χ0v) is 14.1. The number of nitrogens with one attached hydrogen (secondary N) is 1. The van der Waals surface area contributed by atoms with Crippen LogP contribution in [0.3, 0.4) is 0 Å². The minimum atomic E-state index is -3.58. The van der Waals surface area contributed by atoms with E-state index in [0.717, 1.165) is 25.7 Å². The van der Waals surface area contributed by atoms with Crippen molar-refractivity contribution < 1.29 is 17.9 Å². The van der Waals surface area contributed by atoms with Gasteiger partial charge in [-0.3, -0.25) is 4.79 Å². The lowest BCUT2D eigenvalue weighted by Gasteiger charge is -2.32. The Balaban J connectivity index is 1.91. The van der Waals surface area contributed by atoms with Crippen molar-refractivity contribution in [3.63, 3.8) is 0 Å². The first-order valence-corrected chi connectivity index (χ1v) is 9.55. The number of carbonyl (C=O) groups is 1. The molecule has 0 unspecified atom stereocenters. The van der Waals surface area contributed by atoms with Gasteiger partial charge in [0.1, 0.15) is 5.75 Å². The van der Waals surface area contributed by atoms with E-state index >= 15 is 0 Å². The van der Waals surface area contributed by atoms with Crippen LogP contribution in [0, 0.1) is 0 Å². The van der Waals surface area contributed by atoms with Crippen molar-refractivity contribution in [3.8, 4) is 5.75 Å². The molecule has 0 spiro atoms. The van der Waals surface area contributed by atoms with E-state index in [1.165, 1.54) is 12.5 Å². The molecule has 23 heavy (non-hydrogen) atoms. The van der Waals surface area contributed by atoms with Gasteiger partial charge in [0.05, 0.1) is 10.6 Å². The van der Waals surface area contributed by atoms with Crippen LogP contribution in [0.5, 0.6) is 5.75 Å². The van der Waals surface area contributed by atoms with E-state index in [2.05, 4.69) is 5.32 Å². The third-order valence-corrected chi connectivity index (χ3v) is 6.51. The molecule has 1 aromatic rings. The van der Waals surface area contributed by atoms with Gasteiger partial charge in [0.25, 0.3) is 5.91 Å². The topological polar surface area (TPSA) is 75.7 Å². The maximum Gasteiger partial charge on any atom is 0.262 e. The normalized spacial score (nSPS) is 19.1. The number of anilines is 1. The summed E-state index contributed by atoms with van der Waals surface area (Å²) in [6.07, 6.45) is 5.15. The van der Waals surface area contributed by atoms with E-state index in [0.29, 0.717) is 18.0 Å². The Bertz CT molecular complexity index is 696. The van der Waals surface area contributed by atoms with E-state index < -0.39 is 10.0 Å². The molecule has 7 heteroatoms. The molecule has 2 aliphatic rings. The second-order valence-electron chi connectivity index (χ2n) is 6.00. The molecule has 1 saturated carbocycles. The zero-order chi connectivity index (χ0) is 16.4. The summed E-state index contributed by atoms with van der Waals surface area (Å²) in [5.74, 6) is 0.232. The molecule has 3 rings (SSSR count). The second kappa shape index (κ2) is 6.49. The smallest absolute Gasteiger partial charge is 0.262 e. The number of ether oxygens (including phenoxy) is 1. The van der Waals surface area contributed by atoms with Crippen LogP contribution < -0.4 is 10.1 Å². The maximum absolute atomic E-state index is 13.0. The predicted octanol–water partition coefficient (Wildman–Crippen LogP) is 2.36. The molecule has 1 heterocycles. The molecule has 1 aliphatic carbocycles. The number of carbonyl (C=O) groups excluding carboxylic acids is 1. The predicted molar refractivity (Wildman–Crippen MR) is 87.0 cm³/mol. The van der Waals surface area contributed by atoms with Gasteiger partial charge in [-0.25, -0.2) is 8.42 Å². The summed E-state index contributed by atoms with van der Waals surface area (Å²) in [5, 5.41) is 2.66. The third-order valence-electron chi connectivity index (χ3n) is 4.48. The van der Waals surface area contributed by atoms with E-state index in [1.807, 2.05) is 6.92 Å².